The molecule has 0 bridgehead atoms. The predicted molar refractivity (Wildman–Crippen MR) is 120 cm³/mol. The van der Waals surface area contributed by atoms with Gasteiger partial charge in [-0.25, -0.2) is 0 Å². The number of esters is 1. The molecule has 0 aromatic carbocycles. The highest BCUT2D eigenvalue weighted by Crippen LogP contribution is 2.68. The first-order chi connectivity index (χ1) is 14.4. The van der Waals surface area contributed by atoms with Gasteiger partial charge in [0.15, 0.2) is 17.2 Å². The average Bonchev–Trinajstić information content (AvgIpc) is 3.00. The monoisotopic (exact) mass is 426 g/mol. The SMILES string of the molecule is CCC(=O)[C@@]1(OC(=O)C(C)(C)C)CC[C@H]2[C@@H]3CCC4=CC(=O)C=C[C@]4(C)[C@H]3CC[C@@]21C. The summed E-state index contributed by atoms with van der Waals surface area (Å²) >= 11 is 0. The number of carbonyl (C=O) groups excluding carboxylic acids is 3. The normalized spacial score (nSPS) is 41.7. The molecule has 0 spiro atoms. The van der Waals surface area contributed by atoms with Crippen LogP contribution in [0.15, 0.2) is 23.8 Å². The topological polar surface area (TPSA) is 60.4 Å². The van der Waals surface area contributed by atoms with Crippen LogP contribution in [-0.4, -0.2) is 23.1 Å². The van der Waals surface area contributed by atoms with Crippen LogP contribution in [0.2, 0.25) is 0 Å². The molecule has 4 nitrogen and oxygen atoms in total. The number of fused-ring (bicyclic) bond motifs is 5. The summed E-state index contributed by atoms with van der Waals surface area (Å²) in [6.07, 6.45) is 11.6. The molecule has 4 heteroatoms. The summed E-state index contributed by atoms with van der Waals surface area (Å²) in [5.41, 5.74) is -0.756. The third kappa shape index (κ3) is 3.11. The third-order valence-corrected chi connectivity index (χ3v) is 9.33. The maximum absolute atomic E-state index is 13.4. The van der Waals surface area contributed by atoms with E-state index in [2.05, 4.69) is 19.9 Å². The van der Waals surface area contributed by atoms with Gasteiger partial charge in [-0.05, 0) is 89.2 Å². The number of hydrogen-bond acceptors (Lipinski definition) is 4. The summed E-state index contributed by atoms with van der Waals surface area (Å²) in [6, 6.07) is 0. The van der Waals surface area contributed by atoms with Crippen LogP contribution in [0.1, 0.15) is 86.5 Å². The molecule has 4 aliphatic carbocycles. The molecular weight excluding hydrogens is 388 g/mol. The quantitative estimate of drug-likeness (QED) is 0.551. The lowest BCUT2D eigenvalue weighted by atomic mass is 9.47. The molecule has 0 amide bonds. The summed E-state index contributed by atoms with van der Waals surface area (Å²) in [7, 11) is 0. The molecule has 4 aliphatic rings. The first-order valence-electron chi connectivity index (χ1n) is 12.1. The second-order valence-corrected chi connectivity index (χ2v) is 11.8. The van der Waals surface area contributed by atoms with Crippen molar-refractivity contribution in [2.75, 3.05) is 0 Å². The fraction of sp³-hybridized carbons (Fsp3) is 0.741. The van der Waals surface area contributed by atoms with E-state index in [0.29, 0.717) is 30.6 Å². The molecule has 170 valence electrons. The van der Waals surface area contributed by atoms with E-state index in [9.17, 15) is 14.4 Å². The van der Waals surface area contributed by atoms with Gasteiger partial charge in [-0.1, -0.05) is 32.4 Å². The Balaban J connectivity index is 1.71. The minimum atomic E-state index is -1.00. The van der Waals surface area contributed by atoms with Crippen molar-refractivity contribution in [3.05, 3.63) is 23.8 Å². The molecule has 0 aliphatic heterocycles. The van der Waals surface area contributed by atoms with Crippen LogP contribution in [0.5, 0.6) is 0 Å². The van der Waals surface area contributed by atoms with E-state index in [-0.39, 0.29) is 28.4 Å². The van der Waals surface area contributed by atoms with E-state index in [1.807, 2.05) is 33.8 Å². The summed E-state index contributed by atoms with van der Waals surface area (Å²) in [4.78, 5) is 38.4. The van der Waals surface area contributed by atoms with E-state index in [4.69, 9.17) is 4.74 Å². The number of rotatable bonds is 3. The molecule has 0 N–H and O–H groups in total. The fourth-order valence-electron chi connectivity index (χ4n) is 7.48. The largest absolute Gasteiger partial charge is 0.450 e. The second-order valence-electron chi connectivity index (χ2n) is 11.8. The van der Waals surface area contributed by atoms with E-state index in [0.717, 1.165) is 32.1 Å². The van der Waals surface area contributed by atoms with Crippen LogP contribution in [0.25, 0.3) is 0 Å². The smallest absolute Gasteiger partial charge is 0.312 e. The molecule has 3 saturated carbocycles. The van der Waals surface area contributed by atoms with Crippen molar-refractivity contribution in [1.82, 2.24) is 0 Å². The highest BCUT2D eigenvalue weighted by atomic mass is 16.6. The van der Waals surface area contributed by atoms with Crippen molar-refractivity contribution < 1.29 is 19.1 Å². The van der Waals surface area contributed by atoms with Gasteiger partial charge in [0.05, 0.1) is 5.41 Å². The second kappa shape index (κ2) is 7.15. The Hall–Kier alpha value is -1.71. The van der Waals surface area contributed by atoms with Gasteiger partial charge in [-0.2, -0.15) is 0 Å². The van der Waals surface area contributed by atoms with Crippen LogP contribution in [0.4, 0.5) is 0 Å². The minimum absolute atomic E-state index is 0.0692. The molecule has 3 fully saturated rings. The standard InChI is InChI=1S/C27H38O4/c1-7-22(29)27(31-23(30)24(2,3)4)15-12-21-19-9-8-17-16-18(28)10-13-25(17,5)20(19)11-14-26(21,27)6/h10,13,16,19-21H,7-9,11-12,14-15H2,1-6H3/t19-,20+,21+,25+,26+,27+/m1/s1. The Kier molecular flexibility index (Phi) is 5.18. The van der Waals surface area contributed by atoms with Gasteiger partial charge in [0, 0.05) is 17.3 Å². The van der Waals surface area contributed by atoms with Gasteiger partial charge >= 0.3 is 5.97 Å². The molecule has 0 aromatic heterocycles. The summed E-state index contributed by atoms with van der Waals surface area (Å²) < 4.78 is 6.26. The molecule has 0 saturated heterocycles. The van der Waals surface area contributed by atoms with Crippen LogP contribution in [0.3, 0.4) is 0 Å². The maximum Gasteiger partial charge on any atom is 0.312 e. The van der Waals surface area contributed by atoms with Crippen LogP contribution in [-0.2, 0) is 19.1 Å². The van der Waals surface area contributed by atoms with Crippen molar-refractivity contribution >= 4 is 17.5 Å². The van der Waals surface area contributed by atoms with E-state index in [1.54, 1.807) is 6.08 Å². The Morgan fingerprint density at radius 3 is 2.42 bits per heavy atom. The van der Waals surface area contributed by atoms with Crippen molar-refractivity contribution in [1.29, 1.82) is 0 Å². The molecular formula is C27H38O4. The number of hydrogen-bond donors (Lipinski definition) is 0. The zero-order valence-corrected chi connectivity index (χ0v) is 20.0. The fourth-order valence-corrected chi connectivity index (χ4v) is 7.48. The highest BCUT2D eigenvalue weighted by molar-refractivity contribution is 6.01. The maximum atomic E-state index is 13.4. The summed E-state index contributed by atoms with van der Waals surface area (Å²) in [5.74, 6) is 1.24. The van der Waals surface area contributed by atoms with Crippen LogP contribution >= 0.6 is 0 Å². The number of carbonyl (C=O) groups is 3. The lowest BCUT2D eigenvalue weighted by Gasteiger charge is -2.58. The van der Waals surface area contributed by atoms with E-state index >= 15 is 0 Å². The summed E-state index contributed by atoms with van der Waals surface area (Å²) in [6.45, 7) is 12.0. The number of allylic oxidation sites excluding steroid dienone is 4. The third-order valence-electron chi connectivity index (χ3n) is 9.33. The van der Waals surface area contributed by atoms with Gasteiger partial charge < -0.3 is 4.74 Å². The zero-order valence-electron chi connectivity index (χ0n) is 20.0. The van der Waals surface area contributed by atoms with Gasteiger partial charge in [0.2, 0.25) is 0 Å². The first-order valence-corrected chi connectivity index (χ1v) is 12.1. The molecule has 0 heterocycles. The first kappa shape index (κ1) is 22.5. The Labute approximate surface area is 186 Å². The van der Waals surface area contributed by atoms with Crippen molar-refractivity contribution in [2.45, 2.75) is 92.1 Å². The number of ether oxygens (including phenoxy) is 1. The van der Waals surface area contributed by atoms with Gasteiger partial charge in [-0.3, -0.25) is 14.4 Å². The van der Waals surface area contributed by atoms with Gasteiger partial charge in [-0.15, -0.1) is 0 Å². The van der Waals surface area contributed by atoms with Crippen LogP contribution < -0.4 is 0 Å². The average molecular weight is 427 g/mol. The van der Waals surface area contributed by atoms with Crippen molar-refractivity contribution in [2.24, 2.45) is 34.0 Å². The lowest BCUT2D eigenvalue weighted by Crippen LogP contribution is -2.59. The highest BCUT2D eigenvalue weighted by Gasteiger charge is 2.68. The minimum Gasteiger partial charge on any atom is -0.450 e. The molecule has 31 heavy (non-hydrogen) atoms. The molecule has 0 unspecified atom stereocenters. The van der Waals surface area contributed by atoms with Gasteiger partial charge in [0.1, 0.15) is 0 Å². The molecule has 0 aromatic rings. The van der Waals surface area contributed by atoms with Crippen molar-refractivity contribution in [3.8, 4) is 0 Å². The van der Waals surface area contributed by atoms with Gasteiger partial charge in [0.25, 0.3) is 0 Å². The van der Waals surface area contributed by atoms with Crippen molar-refractivity contribution in [3.63, 3.8) is 0 Å². The zero-order chi connectivity index (χ0) is 22.8. The molecule has 6 atom stereocenters. The number of ketones is 2. The predicted octanol–water partition coefficient (Wildman–Crippen LogP) is 5.60. The lowest BCUT2D eigenvalue weighted by molar-refractivity contribution is -0.195. The van der Waals surface area contributed by atoms with E-state index < -0.39 is 11.0 Å². The molecule has 0 radical (unpaired) electrons. The van der Waals surface area contributed by atoms with Crippen LogP contribution in [0, 0.1) is 34.0 Å². The Morgan fingerprint density at radius 1 is 1.10 bits per heavy atom. The Morgan fingerprint density at radius 2 is 1.77 bits per heavy atom. The Bertz CT molecular complexity index is 874. The van der Waals surface area contributed by atoms with E-state index in [1.165, 1.54) is 5.57 Å². The summed E-state index contributed by atoms with van der Waals surface area (Å²) in [5, 5.41) is 0. The molecule has 4 rings (SSSR count). The number of Topliss-reactive ketones (excluding diaryl/α,β-unsaturated/α-hetero) is 1.